The van der Waals surface area contributed by atoms with Crippen LogP contribution in [0.3, 0.4) is 0 Å². The molecule has 0 amide bonds. The third-order valence-electron chi connectivity index (χ3n) is 4.17. The summed E-state index contributed by atoms with van der Waals surface area (Å²) in [6.07, 6.45) is -3.79. The lowest BCUT2D eigenvalue weighted by Crippen LogP contribution is -2.29. The number of halogens is 3. The highest BCUT2D eigenvalue weighted by Gasteiger charge is 2.40. The molecule has 6 heteroatoms. The van der Waals surface area contributed by atoms with E-state index in [1.807, 2.05) is 6.92 Å². The molecule has 0 fully saturated rings. The van der Waals surface area contributed by atoms with E-state index in [9.17, 15) is 13.2 Å². The number of imidazole rings is 1. The van der Waals surface area contributed by atoms with Crippen molar-refractivity contribution >= 4 is 0 Å². The van der Waals surface area contributed by atoms with E-state index in [1.165, 1.54) is 4.57 Å². The largest absolute Gasteiger partial charge is 0.449 e. The second kappa shape index (κ2) is 5.06. The third-order valence-corrected chi connectivity index (χ3v) is 4.17. The molecule has 1 aliphatic heterocycles. The predicted octanol–water partition coefficient (Wildman–Crippen LogP) is 3.23. The van der Waals surface area contributed by atoms with Crippen LogP contribution in [0.2, 0.25) is 0 Å². The molecule has 1 unspecified atom stereocenters. The lowest BCUT2D eigenvalue weighted by Gasteiger charge is -2.29. The molecule has 2 rings (SSSR count). The summed E-state index contributed by atoms with van der Waals surface area (Å²) >= 11 is 0. The Labute approximate surface area is 117 Å². The Balaban J connectivity index is 2.41. The van der Waals surface area contributed by atoms with E-state index in [2.05, 4.69) is 31.1 Å². The molecule has 0 aromatic carbocycles. The molecule has 0 radical (unpaired) electrons. The molecule has 1 aliphatic rings. The Bertz CT molecular complexity index is 483. The van der Waals surface area contributed by atoms with Crippen molar-refractivity contribution in [2.45, 2.75) is 53.4 Å². The van der Waals surface area contributed by atoms with Gasteiger partial charge in [0.15, 0.2) is 0 Å². The van der Waals surface area contributed by atoms with Gasteiger partial charge in [-0.2, -0.15) is 13.2 Å². The van der Waals surface area contributed by atoms with Crippen LogP contribution in [0.5, 0.6) is 0 Å². The maximum Gasteiger partial charge on any atom is 0.449 e. The van der Waals surface area contributed by atoms with Crippen LogP contribution in [0.1, 0.15) is 44.9 Å². The fraction of sp³-hybridized carbons (Fsp3) is 0.786. The van der Waals surface area contributed by atoms with Crippen LogP contribution in [0.15, 0.2) is 0 Å². The summed E-state index contributed by atoms with van der Waals surface area (Å²) in [5.41, 5.74) is 1.25. The van der Waals surface area contributed by atoms with E-state index in [0.29, 0.717) is 31.7 Å². The molecule has 0 saturated carbocycles. The Morgan fingerprint density at radius 1 is 1.30 bits per heavy atom. The molecule has 0 aliphatic carbocycles. The highest BCUT2D eigenvalue weighted by molar-refractivity contribution is 5.21. The Morgan fingerprint density at radius 2 is 1.95 bits per heavy atom. The van der Waals surface area contributed by atoms with Crippen LogP contribution in [0, 0.1) is 11.3 Å². The van der Waals surface area contributed by atoms with Crippen molar-refractivity contribution in [1.29, 1.82) is 0 Å². The molecule has 1 atom stereocenters. The summed E-state index contributed by atoms with van der Waals surface area (Å²) in [4.78, 5) is 3.83. The van der Waals surface area contributed by atoms with E-state index in [-0.39, 0.29) is 11.3 Å². The molecule has 114 valence electrons. The Morgan fingerprint density at radius 3 is 2.50 bits per heavy atom. The van der Waals surface area contributed by atoms with Crippen LogP contribution >= 0.6 is 0 Å². The van der Waals surface area contributed by atoms with Gasteiger partial charge in [0.05, 0.1) is 5.69 Å². The third kappa shape index (κ3) is 3.00. The molecule has 1 aromatic rings. The molecular weight excluding hydrogens is 267 g/mol. The van der Waals surface area contributed by atoms with Crippen LogP contribution in [0.25, 0.3) is 0 Å². The summed E-state index contributed by atoms with van der Waals surface area (Å²) in [6, 6.07) is 0. The van der Waals surface area contributed by atoms with Crippen molar-refractivity contribution in [3.8, 4) is 0 Å². The molecule has 0 spiro atoms. The quantitative estimate of drug-likeness (QED) is 0.906. The van der Waals surface area contributed by atoms with Crippen molar-refractivity contribution in [2.24, 2.45) is 11.3 Å². The number of nitrogens with one attached hydrogen (secondary N) is 1. The van der Waals surface area contributed by atoms with Crippen molar-refractivity contribution in [2.75, 3.05) is 6.54 Å². The summed E-state index contributed by atoms with van der Waals surface area (Å²) in [5.74, 6) is -0.612. The normalized spacial score (nSPS) is 17.9. The summed E-state index contributed by atoms with van der Waals surface area (Å²) in [6.45, 7) is 9.64. The SMILES string of the molecule is CC(Cn1c(C(F)(F)F)nc2c1CCNC2)C(C)(C)C. The number of rotatable bonds is 2. The number of aromatic nitrogens is 2. The minimum absolute atomic E-state index is 0.0348. The first-order valence-electron chi connectivity index (χ1n) is 6.97. The van der Waals surface area contributed by atoms with Gasteiger partial charge in [0.25, 0.3) is 0 Å². The van der Waals surface area contributed by atoms with Gasteiger partial charge in [-0.05, 0) is 11.3 Å². The number of hydrogen-bond donors (Lipinski definition) is 1. The monoisotopic (exact) mass is 289 g/mol. The molecule has 2 heterocycles. The van der Waals surface area contributed by atoms with Crippen LogP contribution < -0.4 is 5.32 Å². The summed E-state index contributed by atoms with van der Waals surface area (Å²) in [7, 11) is 0. The second-order valence-electron chi connectivity index (χ2n) is 6.63. The Kier molecular flexibility index (Phi) is 3.88. The van der Waals surface area contributed by atoms with Crippen LogP contribution in [0.4, 0.5) is 13.2 Å². The van der Waals surface area contributed by atoms with Gasteiger partial charge in [-0.1, -0.05) is 27.7 Å². The highest BCUT2D eigenvalue weighted by atomic mass is 19.4. The lowest BCUT2D eigenvalue weighted by atomic mass is 9.82. The first-order valence-corrected chi connectivity index (χ1v) is 6.97. The first-order chi connectivity index (χ1) is 9.10. The summed E-state index contributed by atoms with van der Waals surface area (Å²) < 4.78 is 40.9. The standard InChI is InChI=1S/C14H22F3N3/c1-9(13(2,3)4)8-20-11-5-6-18-7-10(11)19-12(20)14(15,16)17/h9,18H,5-8H2,1-4H3. The van der Waals surface area contributed by atoms with Crippen molar-refractivity contribution in [3.63, 3.8) is 0 Å². The maximum atomic E-state index is 13.2. The topological polar surface area (TPSA) is 29.9 Å². The van der Waals surface area contributed by atoms with E-state index >= 15 is 0 Å². The zero-order valence-electron chi connectivity index (χ0n) is 12.4. The maximum absolute atomic E-state index is 13.2. The average molecular weight is 289 g/mol. The Hall–Kier alpha value is -1.04. The molecule has 1 aromatic heterocycles. The lowest BCUT2D eigenvalue weighted by molar-refractivity contribution is -0.147. The van der Waals surface area contributed by atoms with Gasteiger partial charge in [-0.3, -0.25) is 0 Å². The minimum Gasteiger partial charge on any atom is -0.324 e. The van der Waals surface area contributed by atoms with Crippen molar-refractivity contribution in [1.82, 2.24) is 14.9 Å². The van der Waals surface area contributed by atoms with E-state index in [4.69, 9.17) is 0 Å². The fourth-order valence-electron chi connectivity index (χ4n) is 2.33. The highest BCUT2D eigenvalue weighted by Crippen LogP contribution is 2.34. The van der Waals surface area contributed by atoms with Gasteiger partial charge in [-0.15, -0.1) is 0 Å². The van der Waals surface area contributed by atoms with Crippen molar-refractivity contribution < 1.29 is 13.2 Å². The zero-order chi connectivity index (χ0) is 15.1. The van der Waals surface area contributed by atoms with E-state index in [0.717, 1.165) is 5.69 Å². The van der Waals surface area contributed by atoms with Gasteiger partial charge in [0.2, 0.25) is 5.82 Å². The van der Waals surface area contributed by atoms with Crippen LogP contribution in [-0.2, 0) is 25.7 Å². The molecule has 1 N–H and O–H groups in total. The van der Waals surface area contributed by atoms with Gasteiger partial charge in [-0.25, -0.2) is 4.98 Å². The van der Waals surface area contributed by atoms with Gasteiger partial charge < -0.3 is 9.88 Å². The average Bonchev–Trinajstić information content (AvgIpc) is 2.67. The smallest absolute Gasteiger partial charge is 0.324 e. The molecule has 20 heavy (non-hydrogen) atoms. The minimum atomic E-state index is -4.39. The van der Waals surface area contributed by atoms with E-state index < -0.39 is 12.0 Å². The number of nitrogens with zero attached hydrogens (tertiary/aromatic N) is 2. The number of fused-ring (bicyclic) bond motifs is 1. The van der Waals surface area contributed by atoms with Gasteiger partial charge >= 0.3 is 6.18 Å². The first kappa shape index (κ1) is 15.4. The van der Waals surface area contributed by atoms with E-state index in [1.54, 1.807) is 0 Å². The number of alkyl halides is 3. The molecule has 3 nitrogen and oxygen atoms in total. The molecule has 0 bridgehead atoms. The fourth-order valence-corrected chi connectivity index (χ4v) is 2.33. The molecular formula is C14H22F3N3. The van der Waals surface area contributed by atoms with Crippen molar-refractivity contribution in [3.05, 3.63) is 17.2 Å². The predicted molar refractivity (Wildman–Crippen MR) is 71.3 cm³/mol. The number of hydrogen-bond acceptors (Lipinski definition) is 2. The van der Waals surface area contributed by atoms with Gasteiger partial charge in [0.1, 0.15) is 0 Å². The van der Waals surface area contributed by atoms with Crippen LogP contribution in [-0.4, -0.2) is 16.1 Å². The summed E-state index contributed by atoms with van der Waals surface area (Å²) in [5, 5.41) is 3.07. The zero-order valence-corrected chi connectivity index (χ0v) is 12.4. The molecule has 0 saturated heterocycles. The second-order valence-corrected chi connectivity index (χ2v) is 6.63. The van der Waals surface area contributed by atoms with Gasteiger partial charge in [0, 0.05) is 31.7 Å².